The van der Waals surface area contributed by atoms with E-state index >= 15 is 0 Å². The Bertz CT molecular complexity index is 487. The Morgan fingerprint density at radius 3 is 1.80 bits per heavy atom. The average molecular weight is 216 g/mol. The molecule has 0 amide bonds. The van der Waals surface area contributed by atoms with Gasteiger partial charge in [-0.2, -0.15) is 0 Å². The molecule has 0 aliphatic heterocycles. The Hall–Kier alpha value is -1.88. The number of hydrogen-bond donors (Lipinski definition) is 2. The number of nitrogens with zero attached hydrogens (tertiary/aromatic N) is 2. The normalized spacial score (nSPS) is 10.7. The van der Waals surface area contributed by atoms with E-state index in [0.29, 0.717) is 0 Å². The first-order valence-corrected chi connectivity index (χ1v) is 5.32. The summed E-state index contributed by atoms with van der Waals surface area (Å²) < 4.78 is 0. The molecule has 4 nitrogen and oxygen atoms in total. The van der Waals surface area contributed by atoms with Crippen molar-refractivity contribution in [2.24, 2.45) is 0 Å². The standard InChI is InChI=1S/C10H8N4S/c1-2-10(8-4-12-6-14-8)15-9(1)7-3-11-5-13-7/h1-6H,(H,11,13)(H,12,14). The summed E-state index contributed by atoms with van der Waals surface area (Å²) in [5.41, 5.74) is 2.09. The maximum atomic E-state index is 4.00. The number of aromatic nitrogens is 4. The lowest BCUT2D eigenvalue weighted by molar-refractivity contribution is 1.32. The molecule has 0 radical (unpaired) electrons. The molecule has 0 aliphatic carbocycles. The lowest BCUT2D eigenvalue weighted by Gasteiger charge is -1.89. The van der Waals surface area contributed by atoms with Gasteiger partial charge in [0, 0.05) is 0 Å². The van der Waals surface area contributed by atoms with Crippen molar-refractivity contribution < 1.29 is 0 Å². The van der Waals surface area contributed by atoms with Crippen molar-refractivity contribution in [2.75, 3.05) is 0 Å². The van der Waals surface area contributed by atoms with Crippen molar-refractivity contribution >= 4 is 11.3 Å². The molecule has 3 heterocycles. The van der Waals surface area contributed by atoms with Crippen molar-refractivity contribution in [2.45, 2.75) is 0 Å². The Balaban J connectivity index is 2.02. The van der Waals surface area contributed by atoms with Gasteiger partial charge in [-0.1, -0.05) is 0 Å². The average Bonchev–Trinajstić information content (AvgIpc) is 3.02. The van der Waals surface area contributed by atoms with Gasteiger partial charge in [-0.15, -0.1) is 11.3 Å². The summed E-state index contributed by atoms with van der Waals surface area (Å²) in [6.07, 6.45) is 7.01. The van der Waals surface area contributed by atoms with Crippen LogP contribution in [0.15, 0.2) is 37.2 Å². The van der Waals surface area contributed by atoms with Crippen molar-refractivity contribution in [3.8, 4) is 21.1 Å². The number of hydrogen-bond acceptors (Lipinski definition) is 3. The minimum Gasteiger partial charge on any atom is -0.344 e. The molecule has 0 saturated heterocycles. The van der Waals surface area contributed by atoms with Gasteiger partial charge in [0.15, 0.2) is 0 Å². The highest BCUT2D eigenvalue weighted by Crippen LogP contribution is 2.31. The summed E-state index contributed by atoms with van der Waals surface area (Å²) in [5, 5.41) is 0. The number of rotatable bonds is 2. The molecule has 2 N–H and O–H groups in total. The molecule has 3 rings (SSSR count). The van der Waals surface area contributed by atoms with E-state index in [9.17, 15) is 0 Å². The molecular weight excluding hydrogens is 208 g/mol. The van der Waals surface area contributed by atoms with Crippen LogP contribution in [0.25, 0.3) is 21.1 Å². The highest BCUT2D eigenvalue weighted by Gasteiger charge is 2.05. The fraction of sp³-hybridized carbons (Fsp3) is 0. The van der Waals surface area contributed by atoms with Gasteiger partial charge in [-0.3, -0.25) is 0 Å². The Kier molecular flexibility index (Phi) is 1.89. The first kappa shape index (κ1) is 8.43. The molecule has 0 saturated carbocycles. The minimum absolute atomic E-state index is 1.05. The van der Waals surface area contributed by atoms with Crippen LogP contribution in [-0.2, 0) is 0 Å². The van der Waals surface area contributed by atoms with E-state index in [1.54, 1.807) is 24.0 Å². The van der Waals surface area contributed by atoms with E-state index < -0.39 is 0 Å². The van der Waals surface area contributed by atoms with E-state index in [0.717, 1.165) is 11.4 Å². The second kappa shape index (κ2) is 3.36. The van der Waals surface area contributed by atoms with E-state index in [1.807, 2.05) is 12.4 Å². The van der Waals surface area contributed by atoms with Crippen LogP contribution in [0.4, 0.5) is 0 Å². The molecule has 0 bridgehead atoms. The maximum Gasteiger partial charge on any atom is 0.0924 e. The monoisotopic (exact) mass is 216 g/mol. The van der Waals surface area contributed by atoms with Crippen molar-refractivity contribution in [1.29, 1.82) is 0 Å². The van der Waals surface area contributed by atoms with Crippen molar-refractivity contribution in [3.05, 3.63) is 37.2 Å². The van der Waals surface area contributed by atoms with Crippen LogP contribution < -0.4 is 0 Å². The molecule has 3 aromatic heterocycles. The zero-order valence-electron chi connectivity index (χ0n) is 7.77. The second-order valence-corrected chi connectivity index (χ2v) is 4.18. The van der Waals surface area contributed by atoms with E-state index in [-0.39, 0.29) is 0 Å². The van der Waals surface area contributed by atoms with Crippen LogP contribution in [-0.4, -0.2) is 19.9 Å². The summed E-state index contributed by atoms with van der Waals surface area (Å²) in [5.74, 6) is 0. The summed E-state index contributed by atoms with van der Waals surface area (Å²) in [7, 11) is 0. The molecule has 0 unspecified atom stereocenters. The van der Waals surface area contributed by atoms with Crippen LogP contribution in [0.2, 0.25) is 0 Å². The zero-order valence-corrected chi connectivity index (χ0v) is 8.58. The van der Waals surface area contributed by atoms with Crippen LogP contribution in [0.1, 0.15) is 0 Å². The molecule has 15 heavy (non-hydrogen) atoms. The summed E-state index contributed by atoms with van der Waals surface area (Å²) in [6.45, 7) is 0. The molecule has 0 spiro atoms. The third kappa shape index (κ3) is 1.46. The van der Waals surface area contributed by atoms with Gasteiger partial charge in [-0.25, -0.2) is 9.97 Å². The lowest BCUT2D eigenvalue weighted by atomic mass is 10.3. The van der Waals surface area contributed by atoms with Gasteiger partial charge in [0.25, 0.3) is 0 Å². The van der Waals surface area contributed by atoms with Gasteiger partial charge in [0.05, 0.1) is 46.2 Å². The predicted octanol–water partition coefficient (Wildman–Crippen LogP) is 2.53. The van der Waals surface area contributed by atoms with Gasteiger partial charge in [0.1, 0.15) is 0 Å². The van der Waals surface area contributed by atoms with Crippen LogP contribution in [0.5, 0.6) is 0 Å². The summed E-state index contributed by atoms with van der Waals surface area (Å²) in [6, 6.07) is 4.16. The summed E-state index contributed by atoms with van der Waals surface area (Å²) >= 11 is 1.71. The van der Waals surface area contributed by atoms with Crippen LogP contribution >= 0.6 is 11.3 Å². The molecule has 74 valence electrons. The van der Waals surface area contributed by atoms with Gasteiger partial charge in [-0.05, 0) is 12.1 Å². The Labute approximate surface area is 90.0 Å². The van der Waals surface area contributed by atoms with E-state index in [2.05, 4.69) is 32.1 Å². The number of nitrogens with one attached hydrogen (secondary N) is 2. The highest BCUT2D eigenvalue weighted by molar-refractivity contribution is 7.18. The number of imidazole rings is 2. The Morgan fingerprint density at radius 2 is 1.40 bits per heavy atom. The highest BCUT2D eigenvalue weighted by atomic mass is 32.1. The molecule has 3 aromatic rings. The van der Waals surface area contributed by atoms with Crippen LogP contribution in [0.3, 0.4) is 0 Å². The molecule has 5 heteroatoms. The molecular formula is C10H8N4S. The maximum absolute atomic E-state index is 4.00. The van der Waals surface area contributed by atoms with Crippen molar-refractivity contribution in [3.63, 3.8) is 0 Å². The molecule has 0 atom stereocenters. The first-order chi connectivity index (χ1) is 7.43. The zero-order chi connectivity index (χ0) is 10.1. The minimum atomic E-state index is 1.05. The van der Waals surface area contributed by atoms with Gasteiger partial charge < -0.3 is 9.97 Å². The van der Waals surface area contributed by atoms with E-state index in [4.69, 9.17) is 0 Å². The quantitative estimate of drug-likeness (QED) is 0.691. The SMILES string of the molecule is c1ncc(-c2ccc(-c3cnc[nH]3)s2)[nH]1. The predicted molar refractivity (Wildman–Crippen MR) is 59.5 cm³/mol. The second-order valence-electron chi connectivity index (χ2n) is 3.09. The molecule has 0 fully saturated rings. The topological polar surface area (TPSA) is 57.4 Å². The first-order valence-electron chi connectivity index (χ1n) is 4.51. The van der Waals surface area contributed by atoms with Crippen LogP contribution in [0, 0.1) is 0 Å². The number of thiophene rings is 1. The van der Waals surface area contributed by atoms with Gasteiger partial charge in [0.2, 0.25) is 0 Å². The number of aromatic amines is 2. The smallest absolute Gasteiger partial charge is 0.0924 e. The third-order valence-corrected chi connectivity index (χ3v) is 3.29. The van der Waals surface area contributed by atoms with E-state index in [1.165, 1.54) is 9.75 Å². The third-order valence-electron chi connectivity index (χ3n) is 2.13. The molecule has 0 aliphatic rings. The Morgan fingerprint density at radius 1 is 0.867 bits per heavy atom. The lowest BCUT2D eigenvalue weighted by Crippen LogP contribution is -1.67. The molecule has 0 aromatic carbocycles. The van der Waals surface area contributed by atoms with Gasteiger partial charge >= 0.3 is 0 Å². The fourth-order valence-corrected chi connectivity index (χ4v) is 2.36. The fourth-order valence-electron chi connectivity index (χ4n) is 1.41. The van der Waals surface area contributed by atoms with Crippen molar-refractivity contribution in [1.82, 2.24) is 19.9 Å². The summed E-state index contributed by atoms with van der Waals surface area (Å²) in [4.78, 5) is 16.5. The number of H-pyrrole nitrogens is 2. The largest absolute Gasteiger partial charge is 0.344 e.